The van der Waals surface area contributed by atoms with E-state index in [4.69, 9.17) is 4.74 Å². The molecule has 0 saturated heterocycles. The molecule has 2 unspecified atom stereocenters. The lowest BCUT2D eigenvalue weighted by atomic mass is 9.93. The van der Waals surface area contributed by atoms with Crippen LogP contribution in [0.25, 0.3) is 0 Å². The first-order valence-corrected chi connectivity index (χ1v) is 10.1. The van der Waals surface area contributed by atoms with Gasteiger partial charge in [0, 0.05) is 12.1 Å². The topological polar surface area (TPSA) is 83.9 Å². The normalized spacial score (nSPS) is 18.1. The van der Waals surface area contributed by atoms with E-state index in [9.17, 15) is 18.3 Å². The molecule has 0 fully saturated rings. The third-order valence-electron chi connectivity index (χ3n) is 5.14. The molecule has 0 radical (unpaired) electrons. The fourth-order valence-electron chi connectivity index (χ4n) is 3.54. The van der Waals surface area contributed by atoms with E-state index in [0.717, 1.165) is 5.56 Å². The summed E-state index contributed by atoms with van der Waals surface area (Å²) in [5.41, 5.74) is 2.78. The molecule has 27 heavy (non-hydrogen) atoms. The zero-order valence-corrected chi connectivity index (χ0v) is 16.6. The average Bonchev–Trinajstić information content (AvgIpc) is 3.05. The summed E-state index contributed by atoms with van der Waals surface area (Å²) in [7, 11) is -2.60. The van der Waals surface area contributed by atoms with Crippen LogP contribution in [0.5, 0.6) is 5.75 Å². The number of fused-ring (bicyclic) bond motifs is 1. The molecule has 0 aromatic heterocycles. The van der Waals surface area contributed by atoms with Crippen molar-refractivity contribution in [3.05, 3.63) is 58.7 Å². The number of aromatic hydroxyl groups is 1. The van der Waals surface area contributed by atoms with E-state index in [1.807, 2.05) is 6.92 Å². The third kappa shape index (κ3) is 3.21. The average molecular weight is 389 g/mol. The summed E-state index contributed by atoms with van der Waals surface area (Å²) in [5, 5.41) is 10.5. The summed E-state index contributed by atoms with van der Waals surface area (Å²) >= 11 is 0. The minimum Gasteiger partial charge on any atom is -0.507 e. The Morgan fingerprint density at radius 1 is 1.19 bits per heavy atom. The summed E-state index contributed by atoms with van der Waals surface area (Å²) < 4.78 is 32.8. The number of methoxy groups -OCH3 is 1. The van der Waals surface area contributed by atoms with Crippen LogP contribution in [0.1, 0.15) is 35.2 Å². The fourth-order valence-corrected chi connectivity index (χ4v) is 5.18. The van der Waals surface area contributed by atoms with Crippen LogP contribution < -0.4 is 0 Å². The molecule has 2 atom stereocenters. The maximum absolute atomic E-state index is 13.3. The Labute approximate surface area is 159 Å². The molecule has 7 heteroatoms. The van der Waals surface area contributed by atoms with E-state index >= 15 is 0 Å². The Hall–Kier alpha value is -2.38. The van der Waals surface area contributed by atoms with Crippen molar-refractivity contribution in [1.82, 2.24) is 4.31 Å². The lowest BCUT2D eigenvalue weighted by Crippen LogP contribution is -2.36. The summed E-state index contributed by atoms with van der Waals surface area (Å²) in [6.07, 6.45) is 0. The summed E-state index contributed by atoms with van der Waals surface area (Å²) in [5.74, 6) is -1.16. The van der Waals surface area contributed by atoms with E-state index in [1.165, 1.54) is 11.4 Å². The maximum atomic E-state index is 13.3. The maximum Gasteiger partial charge on any atom is 0.310 e. The molecule has 0 amide bonds. The predicted octanol–water partition coefficient (Wildman–Crippen LogP) is 3.06. The van der Waals surface area contributed by atoms with Crippen molar-refractivity contribution in [2.75, 3.05) is 7.11 Å². The predicted molar refractivity (Wildman–Crippen MR) is 101 cm³/mol. The zero-order chi connectivity index (χ0) is 19.9. The van der Waals surface area contributed by atoms with Gasteiger partial charge in [-0.25, -0.2) is 8.42 Å². The van der Waals surface area contributed by atoms with Gasteiger partial charge in [0.1, 0.15) is 5.75 Å². The van der Waals surface area contributed by atoms with E-state index in [2.05, 4.69) is 0 Å². The Morgan fingerprint density at radius 3 is 2.41 bits per heavy atom. The van der Waals surface area contributed by atoms with Crippen LogP contribution in [-0.4, -0.2) is 30.9 Å². The quantitative estimate of drug-likeness (QED) is 0.813. The number of aryl methyl sites for hydroxylation is 2. The van der Waals surface area contributed by atoms with Gasteiger partial charge < -0.3 is 9.84 Å². The molecule has 2 aromatic rings. The third-order valence-corrected chi connectivity index (χ3v) is 6.98. The largest absolute Gasteiger partial charge is 0.507 e. The highest BCUT2D eigenvalue weighted by atomic mass is 32.2. The number of hydrogen-bond donors (Lipinski definition) is 1. The number of carbonyl (C=O) groups excluding carboxylic acids is 1. The number of sulfonamides is 1. The highest BCUT2D eigenvalue weighted by molar-refractivity contribution is 7.89. The van der Waals surface area contributed by atoms with Gasteiger partial charge in [0.15, 0.2) is 0 Å². The van der Waals surface area contributed by atoms with Crippen molar-refractivity contribution in [2.45, 2.75) is 38.3 Å². The number of rotatable bonds is 4. The minimum absolute atomic E-state index is 0.00502. The van der Waals surface area contributed by atoms with Gasteiger partial charge in [0.2, 0.25) is 10.0 Å². The lowest BCUT2D eigenvalue weighted by Gasteiger charge is -2.28. The molecule has 0 aliphatic carbocycles. The van der Waals surface area contributed by atoms with Crippen molar-refractivity contribution in [3.8, 4) is 5.75 Å². The van der Waals surface area contributed by atoms with E-state index in [-0.39, 0.29) is 17.2 Å². The second-order valence-corrected chi connectivity index (χ2v) is 8.81. The smallest absolute Gasteiger partial charge is 0.310 e. The molecule has 1 aliphatic heterocycles. The van der Waals surface area contributed by atoms with Crippen molar-refractivity contribution in [3.63, 3.8) is 0 Å². The number of carbonyl (C=O) groups is 1. The molecule has 3 rings (SSSR count). The Bertz CT molecular complexity index is 982. The van der Waals surface area contributed by atoms with Gasteiger partial charge in [-0.1, -0.05) is 36.8 Å². The number of ether oxygens (including phenoxy) is 1. The highest BCUT2D eigenvalue weighted by Gasteiger charge is 2.45. The monoisotopic (exact) mass is 389 g/mol. The van der Waals surface area contributed by atoms with E-state index < -0.39 is 28.0 Å². The Kier molecular flexibility index (Phi) is 5.01. The molecule has 1 heterocycles. The molecule has 1 N–H and O–H groups in total. The number of phenolic OH excluding ortho intramolecular Hbond substituents is 1. The molecular weight excluding hydrogens is 366 g/mol. The first-order valence-electron chi connectivity index (χ1n) is 8.66. The number of phenols is 1. The van der Waals surface area contributed by atoms with Gasteiger partial charge in [-0.05, 0) is 37.1 Å². The van der Waals surface area contributed by atoms with Crippen LogP contribution in [0.15, 0.2) is 41.3 Å². The molecule has 6 nitrogen and oxygen atoms in total. The number of hydrogen-bond acceptors (Lipinski definition) is 5. The molecule has 2 aromatic carbocycles. The number of benzene rings is 2. The molecule has 144 valence electrons. The summed E-state index contributed by atoms with van der Waals surface area (Å²) in [4.78, 5) is 12.4. The van der Waals surface area contributed by atoms with Crippen molar-refractivity contribution < 1.29 is 23.1 Å². The second-order valence-electron chi connectivity index (χ2n) is 6.92. The summed E-state index contributed by atoms with van der Waals surface area (Å²) in [6, 6.07) is 9.33. The summed E-state index contributed by atoms with van der Waals surface area (Å²) in [6.45, 7) is 5.28. The Morgan fingerprint density at radius 2 is 1.81 bits per heavy atom. The first kappa shape index (κ1) is 19.4. The van der Waals surface area contributed by atoms with Gasteiger partial charge in [-0.3, -0.25) is 4.79 Å². The van der Waals surface area contributed by atoms with Crippen molar-refractivity contribution in [1.29, 1.82) is 0 Å². The van der Waals surface area contributed by atoms with Crippen LogP contribution in [0.2, 0.25) is 0 Å². The second kappa shape index (κ2) is 6.98. The number of nitrogens with zero attached hydrogens (tertiary/aromatic N) is 1. The van der Waals surface area contributed by atoms with Gasteiger partial charge in [-0.2, -0.15) is 4.31 Å². The van der Waals surface area contributed by atoms with Gasteiger partial charge in [-0.15, -0.1) is 0 Å². The SMILES string of the molecule is COC(=O)C(C)C1c2ccc(C)c(O)c2CN1S(=O)(=O)c1ccc(C)cc1. The van der Waals surface area contributed by atoms with Gasteiger partial charge in [0.05, 0.1) is 24.0 Å². The van der Waals surface area contributed by atoms with Crippen LogP contribution in [0.3, 0.4) is 0 Å². The van der Waals surface area contributed by atoms with Crippen LogP contribution in [0, 0.1) is 19.8 Å². The van der Waals surface area contributed by atoms with Crippen LogP contribution in [0.4, 0.5) is 0 Å². The minimum atomic E-state index is -3.87. The van der Waals surface area contributed by atoms with Crippen molar-refractivity contribution in [2.24, 2.45) is 5.92 Å². The number of esters is 1. The van der Waals surface area contributed by atoms with Crippen molar-refractivity contribution >= 4 is 16.0 Å². The Balaban J connectivity index is 2.14. The standard InChI is InChI=1S/C20H23NO5S/c1-12-5-8-15(9-6-12)27(24,25)21-11-17-16(10-7-13(2)19(17)22)18(21)14(3)20(23)26-4/h5-10,14,18,22H,11H2,1-4H3. The lowest BCUT2D eigenvalue weighted by molar-refractivity contribution is -0.146. The molecule has 0 bridgehead atoms. The fraction of sp³-hybridized carbons (Fsp3) is 0.350. The first-order chi connectivity index (χ1) is 12.7. The van der Waals surface area contributed by atoms with E-state index in [0.29, 0.717) is 16.7 Å². The molecule has 1 aliphatic rings. The molecule has 0 spiro atoms. The van der Waals surface area contributed by atoms with Crippen LogP contribution in [-0.2, 0) is 26.1 Å². The zero-order valence-electron chi connectivity index (χ0n) is 15.8. The van der Waals surface area contributed by atoms with Crippen LogP contribution >= 0.6 is 0 Å². The molecular formula is C20H23NO5S. The van der Waals surface area contributed by atoms with E-state index in [1.54, 1.807) is 50.2 Å². The van der Waals surface area contributed by atoms with Gasteiger partial charge in [0.25, 0.3) is 0 Å². The highest BCUT2D eigenvalue weighted by Crippen LogP contribution is 2.46. The van der Waals surface area contributed by atoms with Gasteiger partial charge >= 0.3 is 5.97 Å². The molecule has 0 saturated carbocycles.